The molecule has 1 aromatic heterocycles. The molecule has 0 radical (unpaired) electrons. The first-order chi connectivity index (χ1) is 12.3. The standard InChI is InChI=1S/C20H25N5O/c1-12(2)21-15(5)18-22-23-19-16(6)24(9-10-25(18)19)20(26)17-8-7-13(3)14(4)11-17/h7-8,11,16H,1,9-10H2,2-6H3/b21-15+/t16-/m1/s1. The Hall–Kier alpha value is -2.76. The van der Waals surface area contributed by atoms with Gasteiger partial charge in [-0.15, -0.1) is 10.2 Å². The van der Waals surface area contributed by atoms with E-state index in [1.165, 1.54) is 5.56 Å². The molecule has 2 heterocycles. The number of carbonyl (C=O) groups excluding carboxylic acids is 1. The molecule has 0 saturated carbocycles. The lowest BCUT2D eigenvalue weighted by Crippen LogP contribution is -2.41. The lowest BCUT2D eigenvalue weighted by atomic mass is 10.0. The Morgan fingerprint density at radius 3 is 2.58 bits per heavy atom. The maximum atomic E-state index is 13.0. The molecule has 26 heavy (non-hydrogen) atoms. The summed E-state index contributed by atoms with van der Waals surface area (Å²) in [5.74, 6) is 1.57. The van der Waals surface area contributed by atoms with Gasteiger partial charge in [-0.2, -0.15) is 0 Å². The Labute approximate surface area is 154 Å². The molecular formula is C20H25N5O. The molecule has 0 spiro atoms. The van der Waals surface area contributed by atoms with Gasteiger partial charge in [-0.05, 0) is 57.9 Å². The van der Waals surface area contributed by atoms with E-state index in [-0.39, 0.29) is 11.9 Å². The molecule has 1 aromatic carbocycles. The minimum Gasteiger partial charge on any atom is -0.327 e. The van der Waals surface area contributed by atoms with E-state index < -0.39 is 0 Å². The zero-order valence-corrected chi connectivity index (χ0v) is 16.1. The number of amides is 1. The topological polar surface area (TPSA) is 63.4 Å². The fourth-order valence-electron chi connectivity index (χ4n) is 3.31. The van der Waals surface area contributed by atoms with E-state index in [1.54, 1.807) is 0 Å². The lowest BCUT2D eigenvalue weighted by molar-refractivity contribution is 0.0637. The monoisotopic (exact) mass is 351 g/mol. The third-order valence-electron chi connectivity index (χ3n) is 4.88. The summed E-state index contributed by atoms with van der Waals surface area (Å²) in [6.07, 6.45) is 0. The number of allylic oxidation sites excluding steroid dienone is 1. The van der Waals surface area contributed by atoms with Crippen molar-refractivity contribution in [2.45, 2.75) is 47.2 Å². The van der Waals surface area contributed by atoms with Crippen LogP contribution in [0.4, 0.5) is 0 Å². The molecule has 0 aliphatic carbocycles. The number of hydrogen-bond acceptors (Lipinski definition) is 4. The molecule has 0 fully saturated rings. The molecule has 1 aliphatic heterocycles. The molecule has 0 saturated heterocycles. The zero-order chi connectivity index (χ0) is 19.0. The van der Waals surface area contributed by atoms with Crippen LogP contribution < -0.4 is 0 Å². The van der Waals surface area contributed by atoms with E-state index in [4.69, 9.17) is 0 Å². The molecule has 0 N–H and O–H groups in total. The minimum absolute atomic E-state index is 0.0312. The van der Waals surface area contributed by atoms with E-state index in [1.807, 2.05) is 57.7 Å². The third-order valence-corrected chi connectivity index (χ3v) is 4.88. The number of rotatable bonds is 3. The van der Waals surface area contributed by atoms with Gasteiger partial charge in [0.15, 0.2) is 11.6 Å². The molecule has 2 aromatic rings. The second-order valence-electron chi connectivity index (χ2n) is 6.94. The summed E-state index contributed by atoms with van der Waals surface area (Å²) >= 11 is 0. The quantitative estimate of drug-likeness (QED) is 0.796. The average molecular weight is 351 g/mol. The number of aliphatic imine (C=N–C) groups is 1. The Balaban J connectivity index is 1.90. The Morgan fingerprint density at radius 1 is 1.19 bits per heavy atom. The van der Waals surface area contributed by atoms with E-state index in [2.05, 4.69) is 26.3 Å². The van der Waals surface area contributed by atoms with Crippen molar-refractivity contribution in [3.05, 3.63) is 58.8 Å². The van der Waals surface area contributed by atoms with Gasteiger partial charge in [-0.1, -0.05) is 12.6 Å². The maximum absolute atomic E-state index is 13.0. The fourth-order valence-corrected chi connectivity index (χ4v) is 3.31. The number of aryl methyl sites for hydroxylation is 2. The van der Waals surface area contributed by atoms with Crippen LogP contribution in [0.3, 0.4) is 0 Å². The molecular weight excluding hydrogens is 326 g/mol. The summed E-state index contributed by atoms with van der Waals surface area (Å²) in [4.78, 5) is 19.3. The van der Waals surface area contributed by atoms with Gasteiger partial charge in [-0.3, -0.25) is 9.79 Å². The van der Waals surface area contributed by atoms with Gasteiger partial charge in [0.05, 0.1) is 11.8 Å². The highest BCUT2D eigenvalue weighted by Gasteiger charge is 2.32. The van der Waals surface area contributed by atoms with Crippen LogP contribution in [0.1, 0.15) is 59.9 Å². The van der Waals surface area contributed by atoms with Crippen LogP contribution in [0.25, 0.3) is 0 Å². The summed E-state index contributed by atoms with van der Waals surface area (Å²) in [7, 11) is 0. The number of benzene rings is 1. The zero-order valence-electron chi connectivity index (χ0n) is 16.1. The first-order valence-corrected chi connectivity index (χ1v) is 8.82. The van der Waals surface area contributed by atoms with Crippen molar-refractivity contribution in [3.8, 4) is 0 Å². The highest BCUT2D eigenvalue weighted by Crippen LogP contribution is 2.26. The highest BCUT2D eigenvalue weighted by atomic mass is 16.2. The smallest absolute Gasteiger partial charge is 0.254 e. The summed E-state index contributed by atoms with van der Waals surface area (Å²) < 4.78 is 2.05. The summed E-state index contributed by atoms with van der Waals surface area (Å²) in [6, 6.07) is 5.71. The van der Waals surface area contributed by atoms with Gasteiger partial charge in [0.25, 0.3) is 5.91 Å². The molecule has 6 nitrogen and oxygen atoms in total. The van der Waals surface area contributed by atoms with Crippen LogP contribution in [0.2, 0.25) is 0 Å². The first-order valence-electron chi connectivity index (χ1n) is 8.82. The molecule has 6 heteroatoms. The lowest BCUT2D eigenvalue weighted by Gasteiger charge is -2.34. The first kappa shape index (κ1) is 18.0. The van der Waals surface area contributed by atoms with Crippen LogP contribution in [-0.4, -0.2) is 37.8 Å². The van der Waals surface area contributed by atoms with Crippen molar-refractivity contribution < 1.29 is 4.79 Å². The van der Waals surface area contributed by atoms with Crippen LogP contribution >= 0.6 is 0 Å². The van der Waals surface area contributed by atoms with Crippen LogP contribution in [0.5, 0.6) is 0 Å². The molecule has 0 unspecified atom stereocenters. The van der Waals surface area contributed by atoms with Crippen molar-refractivity contribution >= 4 is 11.6 Å². The Bertz CT molecular complexity index is 909. The van der Waals surface area contributed by atoms with Crippen molar-refractivity contribution in [2.75, 3.05) is 6.54 Å². The van der Waals surface area contributed by atoms with Gasteiger partial charge in [0.1, 0.15) is 0 Å². The average Bonchev–Trinajstić information content (AvgIpc) is 3.01. The molecule has 1 atom stereocenters. The molecule has 0 bridgehead atoms. The number of nitrogens with zero attached hydrogens (tertiary/aromatic N) is 5. The van der Waals surface area contributed by atoms with E-state index in [0.717, 1.165) is 28.6 Å². The molecule has 3 rings (SSSR count). The predicted molar refractivity (Wildman–Crippen MR) is 102 cm³/mol. The van der Waals surface area contributed by atoms with E-state index in [9.17, 15) is 4.79 Å². The second-order valence-corrected chi connectivity index (χ2v) is 6.94. The maximum Gasteiger partial charge on any atom is 0.254 e. The van der Waals surface area contributed by atoms with E-state index in [0.29, 0.717) is 18.7 Å². The van der Waals surface area contributed by atoms with Crippen molar-refractivity contribution in [1.29, 1.82) is 0 Å². The van der Waals surface area contributed by atoms with Gasteiger partial charge >= 0.3 is 0 Å². The number of hydrogen-bond donors (Lipinski definition) is 0. The normalized spacial score (nSPS) is 17.2. The third kappa shape index (κ3) is 3.19. The summed E-state index contributed by atoms with van der Waals surface area (Å²) in [5, 5.41) is 8.63. The Kier molecular flexibility index (Phi) is 4.76. The molecule has 1 aliphatic rings. The van der Waals surface area contributed by atoms with Crippen molar-refractivity contribution in [3.63, 3.8) is 0 Å². The minimum atomic E-state index is -0.142. The van der Waals surface area contributed by atoms with E-state index >= 15 is 0 Å². The predicted octanol–water partition coefficient (Wildman–Crippen LogP) is 3.45. The SMILES string of the molecule is C=C(C)/N=C(\C)c1nnc2n1CCN(C(=O)c1ccc(C)c(C)c1)[C@@H]2C. The van der Waals surface area contributed by atoms with Crippen LogP contribution in [0.15, 0.2) is 35.5 Å². The highest BCUT2D eigenvalue weighted by molar-refractivity contribution is 5.96. The van der Waals surface area contributed by atoms with Crippen LogP contribution in [-0.2, 0) is 6.54 Å². The van der Waals surface area contributed by atoms with Gasteiger partial charge in [0, 0.05) is 24.4 Å². The largest absolute Gasteiger partial charge is 0.327 e. The molecule has 1 amide bonds. The number of carbonyl (C=O) groups is 1. The van der Waals surface area contributed by atoms with Gasteiger partial charge in [-0.25, -0.2) is 0 Å². The van der Waals surface area contributed by atoms with Crippen LogP contribution in [0, 0.1) is 13.8 Å². The molecule has 136 valence electrons. The van der Waals surface area contributed by atoms with Crippen molar-refractivity contribution in [2.24, 2.45) is 4.99 Å². The fraction of sp³-hybridized carbons (Fsp3) is 0.400. The summed E-state index contributed by atoms with van der Waals surface area (Å²) in [6.45, 7) is 14.9. The summed E-state index contributed by atoms with van der Waals surface area (Å²) in [5.41, 5.74) is 4.54. The number of fused-ring (bicyclic) bond motifs is 1. The second kappa shape index (κ2) is 6.86. The Morgan fingerprint density at radius 2 is 1.92 bits per heavy atom. The van der Waals surface area contributed by atoms with Gasteiger partial charge < -0.3 is 9.47 Å². The van der Waals surface area contributed by atoms with Crippen molar-refractivity contribution in [1.82, 2.24) is 19.7 Å². The number of aromatic nitrogens is 3. The van der Waals surface area contributed by atoms with Gasteiger partial charge in [0.2, 0.25) is 0 Å².